The zero-order valence-corrected chi connectivity index (χ0v) is 20.3. The minimum atomic E-state index is -0.583. The molecule has 2 amide bonds. The first-order valence-electron chi connectivity index (χ1n) is 11.3. The van der Waals surface area contributed by atoms with Crippen LogP contribution in [-0.4, -0.2) is 72.3 Å². The second-order valence-corrected chi connectivity index (χ2v) is 8.78. The number of anilines is 3. The van der Waals surface area contributed by atoms with E-state index in [-0.39, 0.29) is 24.7 Å². The van der Waals surface area contributed by atoms with Crippen LogP contribution in [0, 0.1) is 15.9 Å². The molecular formula is C23H25FN6O5S. The highest BCUT2D eigenvalue weighted by Gasteiger charge is 2.33. The van der Waals surface area contributed by atoms with E-state index in [9.17, 15) is 19.7 Å². The maximum atomic E-state index is 15.0. The number of carbonyl (C=O) groups excluding carboxylic acids is 2. The van der Waals surface area contributed by atoms with Crippen LogP contribution >= 0.6 is 12.2 Å². The molecule has 2 aliphatic heterocycles. The molecule has 2 N–H and O–H groups in total. The van der Waals surface area contributed by atoms with Gasteiger partial charge in [-0.25, -0.2) is 9.18 Å². The molecule has 0 aromatic heterocycles. The molecule has 1 atom stereocenters. The van der Waals surface area contributed by atoms with E-state index in [1.165, 1.54) is 30.0 Å². The van der Waals surface area contributed by atoms with E-state index in [1.54, 1.807) is 24.3 Å². The number of piperazine rings is 1. The molecule has 2 aromatic rings. The third-order valence-electron chi connectivity index (χ3n) is 5.93. The molecule has 2 aliphatic rings. The molecule has 36 heavy (non-hydrogen) atoms. The summed E-state index contributed by atoms with van der Waals surface area (Å²) in [6.07, 6.45) is -1.08. The molecule has 2 saturated heterocycles. The molecule has 11 nitrogen and oxygen atoms in total. The standard InChI is InChI=1S/C23H25FN6O5S/c1-15(31)25-13-19-14-29(23(32)35-19)18-6-7-21(20(24)12-18)27-8-10-28(11-9-27)22(36)26-16-2-4-17(5-3-16)30(33)34/h2-7,12,19H,8-11,13-14H2,1H3,(H,25,31)(H,26,36)/t19-/m0/s1. The lowest BCUT2D eigenvalue weighted by Gasteiger charge is -2.37. The maximum absolute atomic E-state index is 15.0. The number of halogens is 1. The van der Waals surface area contributed by atoms with Gasteiger partial charge in [0.25, 0.3) is 5.69 Å². The molecule has 0 bridgehead atoms. The predicted octanol–water partition coefficient (Wildman–Crippen LogP) is 2.71. The van der Waals surface area contributed by atoms with Crippen LogP contribution in [0.4, 0.5) is 31.9 Å². The van der Waals surface area contributed by atoms with Crippen molar-refractivity contribution in [1.29, 1.82) is 0 Å². The minimum absolute atomic E-state index is 0.000408. The quantitative estimate of drug-likeness (QED) is 0.339. The van der Waals surface area contributed by atoms with E-state index < -0.39 is 22.9 Å². The average Bonchev–Trinajstić information content (AvgIpc) is 3.23. The summed E-state index contributed by atoms with van der Waals surface area (Å²) in [6.45, 7) is 3.98. The van der Waals surface area contributed by atoms with Gasteiger partial charge in [0.1, 0.15) is 11.9 Å². The highest BCUT2D eigenvalue weighted by Crippen LogP contribution is 2.28. The Hall–Kier alpha value is -4.00. The van der Waals surface area contributed by atoms with Crippen molar-refractivity contribution >= 4 is 52.1 Å². The number of hydrogen-bond donors (Lipinski definition) is 2. The molecule has 0 saturated carbocycles. The van der Waals surface area contributed by atoms with Gasteiger partial charge in [0.2, 0.25) is 5.91 Å². The zero-order chi connectivity index (χ0) is 25.8. The summed E-state index contributed by atoms with van der Waals surface area (Å²) < 4.78 is 20.3. The van der Waals surface area contributed by atoms with Crippen molar-refractivity contribution < 1.29 is 23.6 Å². The van der Waals surface area contributed by atoms with Gasteiger partial charge in [-0.05, 0) is 42.5 Å². The Morgan fingerprint density at radius 3 is 2.50 bits per heavy atom. The first-order chi connectivity index (χ1) is 17.2. The molecule has 190 valence electrons. The lowest BCUT2D eigenvalue weighted by Crippen LogP contribution is -2.50. The fourth-order valence-electron chi connectivity index (χ4n) is 4.04. The van der Waals surface area contributed by atoms with E-state index >= 15 is 4.39 Å². The van der Waals surface area contributed by atoms with Crippen molar-refractivity contribution in [3.05, 3.63) is 58.4 Å². The fourth-order valence-corrected chi connectivity index (χ4v) is 4.34. The van der Waals surface area contributed by atoms with Crippen molar-refractivity contribution in [2.75, 3.05) is 54.4 Å². The molecule has 4 rings (SSSR count). The van der Waals surface area contributed by atoms with Gasteiger partial charge in [-0.2, -0.15) is 0 Å². The third kappa shape index (κ3) is 5.79. The van der Waals surface area contributed by atoms with E-state index in [0.717, 1.165) is 0 Å². The van der Waals surface area contributed by atoms with Crippen LogP contribution in [0.3, 0.4) is 0 Å². The first-order valence-corrected chi connectivity index (χ1v) is 11.7. The lowest BCUT2D eigenvalue weighted by molar-refractivity contribution is -0.384. The Balaban J connectivity index is 1.32. The summed E-state index contributed by atoms with van der Waals surface area (Å²) >= 11 is 5.47. The Labute approximate surface area is 211 Å². The predicted molar refractivity (Wildman–Crippen MR) is 136 cm³/mol. The molecule has 13 heteroatoms. The maximum Gasteiger partial charge on any atom is 0.414 e. The van der Waals surface area contributed by atoms with E-state index in [1.807, 2.05) is 9.80 Å². The Kier molecular flexibility index (Phi) is 7.48. The molecule has 0 aliphatic carbocycles. The third-order valence-corrected chi connectivity index (χ3v) is 6.29. The van der Waals surface area contributed by atoms with Crippen LogP contribution < -0.4 is 20.4 Å². The molecule has 0 unspecified atom stereocenters. The molecular weight excluding hydrogens is 491 g/mol. The largest absolute Gasteiger partial charge is 0.442 e. The molecule has 0 spiro atoms. The number of nitrogens with one attached hydrogen (secondary N) is 2. The van der Waals surface area contributed by atoms with Crippen LogP contribution in [0.25, 0.3) is 0 Å². The number of amides is 2. The van der Waals surface area contributed by atoms with Crippen molar-refractivity contribution in [2.24, 2.45) is 0 Å². The van der Waals surface area contributed by atoms with Gasteiger partial charge in [-0.15, -0.1) is 0 Å². The number of carbonyl (C=O) groups is 2. The highest BCUT2D eigenvalue weighted by molar-refractivity contribution is 7.80. The van der Waals surface area contributed by atoms with Gasteiger partial charge < -0.3 is 25.2 Å². The Morgan fingerprint density at radius 2 is 1.89 bits per heavy atom. The van der Waals surface area contributed by atoms with Crippen LogP contribution in [0.1, 0.15) is 6.92 Å². The second kappa shape index (κ2) is 10.7. The zero-order valence-electron chi connectivity index (χ0n) is 19.5. The van der Waals surface area contributed by atoms with Gasteiger partial charge in [0.05, 0.1) is 29.4 Å². The highest BCUT2D eigenvalue weighted by atomic mass is 32.1. The van der Waals surface area contributed by atoms with Crippen LogP contribution in [0.2, 0.25) is 0 Å². The van der Waals surface area contributed by atoms with Gasteiger partial charge in [-0.1, -0.05) is 0 Å². The van der Waals surface area contributed by atoms with Crippen LogP contribution in [-0.2, 0) is 9.53 Å². The number of benzene rings is 2. The Morgan fingerprint density at radius 1 is 1.19 bits per heavy atom. The average molecular weight is 517 g/mol. The summed E-state index contributed by atoms with van der Waals surface area (Å²) in [7, 11) is 0. The number of nitrogens with zero attached hydrogens (tertiary/aromatic N) is 4. The molecule has 2 aromatic carbocycles. The van der Waals surface area contributed by atoms with Gasteiger partial charge >= 0.3 is 6.09 Å². The van der Waals surface area contributed by atoms with E-state index in [0.29, 0.717) is 48.4 Å². The van der Waals surface area contributed by atoms with Crippen LogP contribution in [0.5, 0.6) is 0 Å². The van der Waals surface area contributed by atoms with Crippen molar-refractivity contribution in [3.63, 3.8) is 0 Å². The normalized spacial score (nSPS) is 17.6. The molecule has 2 fully saturated rings. The van der Waals surface area contributed by atoms with E-state index in [4.69, 9.17) is 17.0 Å². The SMILES string of the molecule is CC(=O)NC[C@H]1CN(c2ccc(N3CCN(C(=S)Nc4ccc([N+](=O)[O-])cc4)CC3)c(F)c2)C(=O)O1. The number of non-ortho nitro benzene ring substituents is 1. The number of thiocarbonyl (C=S) groups is 1. The number of nitro groups is 1. The van der Waals surface area contributed by atoms with Gasteiger partial charge in [0, 0.05) is 50.9 Å². The lowest BCUT2D eigenvalue weighted by atomic mass is 10.2. The summed E-state index contributed by atoms with van der Waals surface area (Å²) in [4.78, 5) is 38.8. The topological polar surface area (TPSA) is 120 Å². The molecule has 2 heterocycles. The number of nitro benzene ring substituents is 1. The number of rotatable bonds is 6. The summed E-state index contributed by atoms with van der Waals surface area (Å²) in [5.74, 6) is -0.673. The minimum Gasteiger partial charge on any atom is -0.442 e. The number of ether oxygens (including phenoxy) is 1. The molecule has 0 radical (unpaired) electrons. The Bertz CT molecular complexity index is 1170. The summed E-state index contributed by atoms with van der Waals surface area (Å²) in [6, 6.07) is 10.6. The van der Waals surface area contributed by atoms with Crippen molar-refractivity contribution in [1.82, 2.24) is 10.2 Å². The van der Waals surface area contributed by atoms with Crippen molar-refractivity contribution in [2.45, 2.75) is 13.0 Å². The smallest absolute Gasteiger partial charge is 0.414 e. The summed E-state index contributed by atoms with van der Waals surface area (Å²) in [5.41, 5.74) is 1.46. The van der Waals surface area contributed by atoms with E-state index in [2.05, 4.69) is 10.6 Å². The fraction of sp³-hybridized carbons (Fsp3) is 0.348. The summed E-state index contributed by atoms with van der Waals surface area (Å²) in [5, 5.41) is 17.0. The van der Waals surface area contributed by atoms with Crippen molar-refractivity contribution in [3.8, 4) is 0 Å². The first kappa shape index (κ1) is 25.1. The van der Waals surface area contributed by atoms with Gasteiger partial charge in [-0.3, -0.25) is 19.8 Å². The van der Waals surface area contributed by atoms with Crippen LogP contribution in [0.15, 0.2) is 42.5 Å². The number of hydrogen-bond acceptors (Lipinski definition) is 7. The van der Waals surface area contributed by atoms with Gasteiger partial charge in [0.15, 0.2) is 5.11 Å². The monoisotopic (exact) mass is 516 g/mol. The number of cyclic esters (lactones) is 1. The second-order valence-electron chi connectivity index (χ2n) is 8.40.